The van der Waals surface area contributed by atoms with E-state index in [4.69, 9.17) is 9.47 Å². The molecule has 0 aromatic carbocycles. The van der Waals surface area contributed by atoms with E-state index < -0.39 is 12.2 Å². The van der Waals surface area contributed by atoms with Crippen LogP contribution < -0.4 is 0 Å². The van der Waals surface area contributed by atoms with Gasteiger partial charge in [0, 0.05) is 17.6 Å². The standard InChI is InChI=1S/C21H28O5/c1-13-7-5-9-16(21(24)25-4)10-6-8-14(2)18(22)12-17-15(3)20(23)26-19(17)11-13/h8-9,11,18-19,22H,5-7,10,12H2,1-4H3/b13-11+,14-8+,16-9-/t18-,19+/m1/s1. The van der Waals surface area contributed by atoms with Crippen molar-refractivity contribution in [3.8, 4) is 0 Å². The molecule has 142 valence electrons. The highest BCUT2D eigenvalue weighted by Crippen LogP contribution is 2.30. The third-order valence-corrected chi connectivity index (χ3v) is 5.00. The molecule has 1 heterocycles. The lowest BCUT2D eigenvalue weighted by atomic mass is 9.93. The second kappa shape index (κ2) is 8.99. The quantitative estimate of drug-likeness (QED) is 0.572. The van der Waals surface area contributed by atoms with Gasteiger partial charge in [-0.05, 0) is 63.7 Å². The van der Waals surface area contributed by atoms with Crippen LogP contribution in [0.4, 0.5) is 0 Å². The van der Waals surface area contributed by atoms with Crippen LogP contribution in [0.15, 0.2) is 46.1 Å². The summed E-state index contributed by atoms with van der Waals surface area (Å²) in [6.45, 7) is 5.60. The third kappa shape index (κ3) is 4.94. The normalized spacial score (nSPS) is 31.4. The maximum Gasteiger partial charge on any atom is 0.334 e. The predicted molar refractivity (Wildman–Crippen MR) is 99.3 cm³/mol. The molecule has 1 aliphatic carbocycles. The second-order valence-electron chi connectivity index (χ2n) is 6.96. The SMILES string of the molecule is COC(=O)/C1=C\CC/C(C)=C/[C@@H]2OC(=O)C(C)=C2C[C@@H](O)/C(C)=C/CC1. The minimum atomic E-state index is -0.681. The molecular weight excluding hydrogens is 332 g/mol. The molecule has 26 heavy (non-hydrogen) atoms. The summed E-state index contributed by atoms with van der Waals surface area (Å²) >= 11 is 0. The number of esters is 2. The molecule has 5 heteroatoms. The first-order chi connectivity index (χ1) is 12.3. The molecule has 0 amide bonds. The van der Waals surface area contributed by atoms with Gasteiger partial charge in [-0.2, -0.15) is 0 Å². The molecule has 1 N–H and O–H groups in total. The zero-order chi connectivity index (χ0) is 19.3. The summed E-state index contributed by atoms with van der Waals surface area (Å²) < 4.78 is 10.3. The number of aliphatic hydroxyl groups is 1. The van der Waals surface area contributed by atoms with Crippen LogP contribution in [0, 0.1) is 0 Å². The first-order valence-electron chi connectivity index (χ1n) is 9.03. The molecule has 2 aliphatic rings. The van der Waals surface area contributed by atoms with Gasteiger partial charge in [0.2, 0.25) is 0 Å². The van der Waals surface area contributed by atoms with Gasteiger partial charge in [-0.3, -0.25) is 0 Å². The van der Waals surface area contributed by atoms with Crippen molar-refractivity contribution >= 4 is 11.9 Å². The monoisotopic (exact) mass is 360 g/mol. The molecule has 5 nitrogen and oxygen atoms in total. The Morgan fingerprint density at radius 1 is 1.19 bits per heavy atom. The number of carbonyl (C=O) groups is 2. The Balaban J connectivity index is 2.33. The van der Waals surface area contributed by atoms with Crippen molar-refractivity contribution in [3.05, 3.63) is 46.1 Å². The predicted octanol–water partition coefficient (Wildman–Crippen LogP) is 3.55. The first kappa shape index (κ1) is 20.2. The molecule has 0 saturated carbocycles. The van der Waals surface area contributed by atoms with Gasteiger partial charge in [0.15, 0.2) is 0 Å². The molecule has 2 atom stereocenters. The maximum absolute atomic E-state index is 12.0. The fourth-order valence-electron chi connectivity index (χ4n) is 3.22. The molecule has 0 saturated heterocycles. The molecule has 0 aromatic heterocycles. The Kier molecular flexibility index (Phi) is 6.98. The van der Waals surface area contributed by atoms with Gasteiger partial charge in [-0.1, -0.05) is 17.7 Å². The van der Waals surface area contributed by atoms with Crippen LogP contribution in [0.2, 0.25) is 0 Å². The second-order valence-corrected chi connectivity index (χ2v) is 6.96. The van der Waals surface area contributed by atoms with Crippen molar-refractivity contribution in [2.45, 2.75) is 65.1 Å². The van der Waals surface area contributed by atoms with Crippen LogP contribution in [-0.2, 0) is 19.1 Å². The minimum absolute atomic E-state index is 0.309. The van der Waals surface area contributed by atoms with Crippen LogP contribution in [0.3, 0.4) is 0 Å². The van der Waals surface area contributed by atoms with Gasteiger partial charge in [0.25, 0.3) is 0 Å². The fourth-order valence-corrected chi connectivity index (χ4v) is 3.22. The highest BCUT2D eigenvalue weighted by atomic mass is 16.5. The summed E-state index contributed by atoms with van der Waals surface area (Å²) in [5.74, 6) is -0.629. The van der Waals surface area contributed by atoms with Crippen LogP contribution in [0.1, 0.15) is 52.9 Å². The number of ether oxygens (including phenoxy) is 2. The van der Waals surface area contributed by atoms with Crippen molar-refractivity contribution in [2.24, 2.45) is 0 Å². The highest BCUT2D eigenvalue weighted by Gasteiger charge is 2.31. The van der Waals surface area contributed by atoms with Crippen molar-refractivity contribution in [3.63, 3.8) is 0 Å². The number of fused-ring (bicyclic) bond motifs is 1. The topological polar surface area (TPSA) is 72.8 Å². The number of methoxy groups -OCH3 is 1. The fraction of sp³-hybridized carbons (Fsp3) is 0.524. The largest absolute Gasteiger partial charge is 0.466 e. The molecule has 2 rings (SSSR count). The Labute approximate surface area is 155 Å². The van der Waals surface area contributed by atoms with Gasteiger partial charge < -0.3 is 14.6 Å². The van der Waals surface area contributed by atoms with E-state index in [2.05, 4.69) is 0 Å². The summed E-state index contributed by atoms with van der Waals surface area (Å²) in [6, 6.07) is 0. The molecular formula is C21H28O5. The Bertz CT molecular complexity index is 693. The summed E-state index contributed by atoms with van der Waals surface area (Å²) in [7, 11) is 1.38. The zero-order valence-corrected chi connectivity index (χ0v) is 16.0. The Morgan fingerprint density at radius 2 is 1.88 bits per heavy atom. The number of aliphatic hydroxyl groups excluding tert-OH is 1. The summed E-state index contributed by atoms with van der Waals surface area (Å²) in [4.78, 5) is 23.9. The first-order valence-corrected chi connectivity index (χ1v) is 9.03. The van der Waals surface area contributed by atoms with Crippen LogP contribution >= 0.6 is 0 Å². The van der Waals surface area contributed by atoms with Crippen LogP contribution in [-0.4, -0.2) is 36.4 Å². The van der Waals surface area contributed by atoms with E-state index in [0.29, 0.717) is 30.4 Å². The highest BCUT2D eigenvalue weighted by molar-refractivity contribution is 5.92. The number of hydrogen-bond donors (Lipinski definition) is 1. The van der Waals surface area contributed by atoms with E-state index in [9.17, 15) is 14.7 Å². The molecule has 1 aliphatic heterocycles. The van der Waals surface area contributed by atoms with Gasteiger partial charge in [0.05, 0.1) is 13.2 Å². The minimum Gasteiger partial charge on any atom is -0.466 e. The average molecular weight is 360 g/mol. The number of carbonyl (C=O) groups excluding carboxylic acids is 2. The molecule has 0 spiro atoms. The van der Waals surface area contributed by atoms with E-state index >= 15 is 0 Å². The average Bonchev–Trinajstić information content (AvgIpc) is 2.86. The van der Waals surface area contributed by atoms with Crippen LogP contribution in [0.25, 0.3) is 0 Å². The summed E-state index contributed by atoms with van der Waals surface area (Å²) in [5.41, 5.74) is 3.99. The number of allylic oxidation sites excluding steroid dienone is 3. The zero-order valence-electron chi connectivity index (χ0n) is 16.0. The van der Waals surface area contributed by atoms with Gasteiger partial charge in [-0.15, -0.1) is 0 Å². The molecule has 0 unspecified atom stereocenters. The summed E-state index contributed by atoms with van der Waals surface area (Å²) in [6.07, 6.45) is 7.77. The van der Waals surface area contributed by atoms with Gasteiger partial charge >= 0.3 is 11.9 Å². The molecule has 0 radical (unpaired) electrons. The van der Waals surface area contributed by atoms with Gasteiger partial charge in [-0.25, -0.2) is 9.59 Å². The smallest absolute Gasteiger partial charge is 0.334 e. The molecule has 0 bridgehead atoms. The lowest BCUT2D eigenvalue weighted by Gasteiger charge is -2.17. The van der Waals surface area contributed by atoms with E-state index in [0.717, 1.165) is 29.6 Å². The lowest BCUT2D eigenvalue weighted by molar-refractivity contribution is -0.138. The van der Waals surface area contributed by atoms with Gasteiger partial charge in [0.1, 0.15) is 6.10 Å². The van der Waals surface area contributed by atoms with E-state index in [1.54, 1.807) is 6.92 Å². The van der Waals surface area contributed by atoms with Crippen LogP contribution in [0.5, 0.6) is 0 Å². The van der Waals surface area contributed by atoms with Crippen molar-refractivity contribution in [2.75, 3.05) is 7.11 Å². The van der Waals surface area contributed by atoms with E-state index in [1.165, 1.54) is 7.11 Å². The van der Waals surface area contributed by atoms with Crippen molar-refractivity contribution in [1.29, 1.82) is 0 Å². The van der Waals surface area contributed by atoms with E-state index in [-0.39, 0.29) is 11.9 Å². The van der Waals surface area contributed by atoms with Crippen molar-refractivity contribution in [1.82, 2.24) is 0 Å². The summed E-state index contributed by atoms with van der Waals surface area (Å²) in [5, 5.41) is 10.5. The lowest BCUT2D eigenvalue weighted by Crippen LogP contribution is -2.16. The molecule has 0 aromatic rings. The number of rotatable bonds is 1. The van der Waals surface area contributed by atoms with E-state index in [1.807, 2.05) is 32.1 Å². The Hall–Kier alpha value is -2.14. The van der Waals surface area contributed by atoms with Crippen molar-refractivity contribution < 1.29 is 24.2 Å². The Morgan fingerprint density at radius 3 is 2.58 bits per heavy atom. The maximum atomic E-state index is 12.0. The number of hydrogen-bond acceptors (Lipinski definition) is 5. The molecule has 0 fully saturated rings. The third-order valence-electron chi connectivity index (χ3n) is 5.00.